The van der Waals surface area contributed by atoms with E-state index in [1.54, 1.807) is 13.1 Å². The van der Waals surface area contributed by atoms with E-state index in [-0.39, 0.29) is 0 Å². The average Bonchev–Trinajstić information content (AvgIpc) is 2.28. The van der Waals surface area contributed by atoms with Crippen molar-refractivity contribution >= 4 is 12.2 Å². The summed E-state index contributed by atoms with van der Waals surface area (Å²) in [4.78, 5) is 2.73. The van der Waals surface area contributed by atoms with E-state index < -0.39 is 12.0 Å². The highest BCUT2D eigenvalue weighted by molar-refractivity contribution is 7.71. The van der Waals surface area contributed by atoms with Crippen LogP contribution in [0.4, 0.5) is 8.78 Å². The minimum atomic E-state index is -2.76. The molecule has 1 aromatic rings. The molecule has 1 atom stereocenters. The van der Waals surface area contributed by atoms with Gasteiger partial charge in [-0.25, -0.2) is 8.78 Å². The van der Waals surface area contributed by atoms with E-state index in [0.29, 0.717) is 4.77 Å². The first kappa shape index (κ1) is 10.4. The van der Waals surface area contributed by atoms with Crippen LogP contribution in [0.3, 0.4) is 0 Å². The van der Waals surface area contributed by atoms with Gasteiger partial charge in [-0.2, -0.15) is 0 Å². The van der Waals surface area contributed by atoms with Crippen LogP contribution in [0.25, 0.3) is 0 Å². The number of halogens is 2. The van der Waals surface area contributed by atoms with E-state index in [2.05, 4.69) is 4.98 Å². The molecule has 1 heterocycles. The molecular weight excluding hydrogens is 194 g/mol. The fraction of sp³-hybridized carbons (Fsp3) is 0.625. The summed E-state index contributed by atoms with van der Waals surface area (Å²) < 4.78 is 27.7. The molecule has 0 fully saturated rings. The van der Waals surface area contributed by atoms with Crippen LogP contribution >= 0.6 is 12.2 Å². The average molecular weight is 206 g/mol. The van der Waals surface area contributed by atoms with Crippen molar-refractivity contribution in [3.63, 3.8) is 0 Å². The van der Waals surface area contributed by atoms with Crippen molar-refractivity contribution in [3.05, 3.63) is 16.7 Å². The number of aryl methyl sites for hydroxylation is 1. The van der Waals surface area contributed by atoms with Crippen molar-refractivity contribution in [3.8, 4) is 0 Å². The van der Waals surface area contributed by atoms with Crippen molar-refractivity contribution in [2.24, 2.45) is 0 Å². The van der Waals surface area contributed by atoms with Crippen LogP contribution in [0.1, 0.15) is 25.6 Å². The second kappa shape index (κ2) is 3.21. The highest BCUT2D eigenvalue weighted by atomic mass is 32.1. The number of aromatic amines is 1. The van der Waals surface area contributed by atoms with Gasteiger partial charge < -0.3 is 9.55 Å². The Morgan fingerprint density at radius 1 is 1.62 bits per heavy atom. The molecule has 0 aliphatic heterocycles. The molecule has 1 unspecified atom stereocenters. The summed E-state index contributed by atoms with van der Waals surface area (Å²) in [6, 6.07) is -0.911. The van der Waals surface area contributed by atoms with Gasteiger partial charge in [0.2, 0.25) is 0 Å². The zero-order valence-electron chi connectivity index (χ0n) is 7.77. The fourth-order valence-electron chi connectivity index (χ4n) is 1.17. The van der Waals surface area contributed by atoms with Gasteiger partial charge in [0, 0.05) is 18.8 Å². The second-order valence-corrected chi connectivity index (χ2v) is 3.62. The van der Waals surface area contributed by atoms with Crippen molar-refractivity contribution < 1.29 is 8.78 Å². The minimum absolute atomic E-state index is 0.339. The van der Waals surface area contributed by atoms with Gasteiger partial charge in [-0.15, -0.1) is 0 Å². The topological polar surface area (TPSA) is 20.7 Å². The van der Waals surface area contributed by atoms with Gasteiger partial charge in [-0.05, 0) is 26.1 Å². The first-order valence-corrected chi connectivity index (χ1v) is 4.39. The Morgan fingerprint density at radius 3 is 2.46 bits per heavy atom. The minimum Gasteiger partial charge on any atom is -0.337 e. The van der Waals surface area contributed by atoms with E-state index >= 15 is 0 Å². The zero-order chi connectivity index (χ0) is 10.2. The van der Waals surface area contributed by atoms with E-state index in [9.17, 15) is 8.78 Å². The molecule has 0 aromatic carbocycles. The molecule has 0 aliphatic rings. The lowest BCUT2D eigenvalue weighted by Crippen LogP contribution is -2.25. The Morgan fingerprint density at radius 2 is 2.15 bits per heavy atom. The molecule has 0 saturated carbocycles. The Hall–Kier alpha value is -0.710. The molecule has 0 aliphatic carbocycles. The molecule has 74 valence electrons. The van der Waals surface area contributed by atoms with E-state index in [1.165, 1.54) is 11.5 Å². The molecule has 13 heavy (non-hydrogen) atoms. The number of nitrogens with one attached hydrogen (secondary N) is 1. The summed E-state index contributed by atoms with van der Waals surface area (Å²) in [7, 11) is 0. The van der Waals surface area contributed by atoms with Crippen molar-refractivity contribution in [1.82, 2.24) is 9.55 Å². The van der Waals surface area contributed by atoms with Crippen LogP contribution in [0.15, 0.2) is 6.20 Å². The summed E-state index contributed by atoms with van der Waals surface area (Å²) in [5.41, 5.74) is 0.721. The fourth-order valence-corrected chi connectivity index (χ4v) is 1.53. The second-order valence-electron chi connectivity index (χ2n) is 3.24. The van der Waals surface area contributed by atoms with Crippen LogP contribution in [0.2, 0.25) is 0 Å². The van der Waals surface area contributed by atoms with Gasteiger partial charge in [0.15, 0.2) is 4.77 Å². The number of hydrogen-bond donors (Lipinski definition) is 1. The molecule has 2 nitrogen and oxygen atoms in total. The van der Waals surface area contributed by atoms with Gasteiger partial charge in [-0.3, -0.25) is 0 Å². The Kier molecular flexibility index (Phi) is 2.56. The molecule has 0 spiro atoms. The quantitative estimate of drug-likeness (QED) is 0.737. The predicted molar refractivity (Wildman–Crippen MR) is 49.7 cm³/mol. The standard InChI is InChI=1S/C8H12F2N2S/c1-5-4-11-7(13)12(5)6(2)8(3,9)10/h4,6H,1-3H3,(H,11,13). The summed E-state index contributed by atoms with van der Waals surface area (Å²) in [6.07, 6.45) is 1.63. The van der Waals surface area contributed by atoms with Crippen LogP contribution < -0.4 is 0 Å². The van der Waals surface area contributed by atoms with E-state index in [0.717, 1.165) is 12.6 Å². The van der Waals surface area contributed by atoms with E-state index in [1.807, 2.05) is 0 Å². The molecule has 1 N–H and O–H groups in total. The molecular formula is C8H12F2N2S. The maximum atomic E-state index is 13.0. The Bertz CT molecular complexity index is 348. The van der Waals surface area contributed by atoms with Gasteiger partial charge in [0.1, 0.15) is 0 Å². The Balaban J connectivity index is 3.16. The molecule has 0 amide bonds. The summed E-state index contributed by atoms with van der Waals surface area (Å²) >= 11 is 4.89. The van der Waals surface area contributed by atoms with Gasteiger partial charge in [-0.1, -0.05) is 0 Å². The lowest BCUT2D eigenvalue weighted by molar-refractivity contribution is -0.0270. The van der Waals surface area contributed by atoms with Crippen LogP contribution in [0.5, 0.6) is 0 Å². The van der Waals surface area contributed by atoms with E-state index in [4.69, 9.17) is 12.2 Å². The van der Waals surface area contributed by atoms with Gasteiger partial charge in [0.25, 0.3) is 5.92 Å². The number of aromatic nitrogens is 2. The summed E-state index contributed by atoms with van der Waals surface area (Å²) in [5, 5.41) is 0. The van der Waals surface area contributed by atoms with Crippen molar-refractivity contribution in [1.29, 1.82) is 0 Å². The largest absolute Gasteiger partial charge is 0.337 e. The molecule has 5 heteroatoms. The third kappa shape index (κ3) is 1.96. The monoisotopic (exact) mass is 206 g/mol. The molecule has 0 saturated heterocycles. The smallest absolute Gasteiger partial charge is 0.265 e. The molecule has 1 aromatic heterocycles. The van der Waals surface area contributed by atoms with Crippen molar-refractivity contribution in [2.45, 2.75) is 32.7 Å². The third-order valence-corrected chi connectivity index (χ3v) is 2.44. The highest BCUT2D eigenvalue weighted by Crippen LogP contribution is 2.28. The predicted octanol–water partition coefficient (Wildman–Crippen LogP) is 3.07. The first-order valence-electron chi connectivity index (χ1n) is 3.98. The summed E-state index contributed by atoms with van der Waals surface area (Å²) in [6.45, 7) is 4.09. The SMILES string of the molecule is Cc1c[nH]c(=S)n1C(C)C(C)(F)F. The number of nitrogens with zero attached hydrogens (tertiary/aromatic N) is 1. The number of hydrogen-bond acceptors (Lipinski definition) is 1. The van der Waals surface area contributed by atoms with Crippen LogP contribution in [-0.4, -0.2) is 15.5 Å². The molecule has 0 radical (unpaired) electrons. The Labute approximate surface area is 80.6 Å². The first-order chi connectivity index (χ1) is 5.84. The molecule has 0 bridgehead atoms. The zero-order valence-corrected chi connectivity index (χ0v) is 8.58. The van der Waals surface area contributed by atoms with Crippen molar-refractivity contribution in [2.75, 3.05) is 0 Å². The number of imidazole rings is 1. The van der Waals surface area contributed by atoms with Crippen LogP contribution in [-0.2, 0) is 0 Å². The number of H-pyrrole nitrogens is 1. The summed E-state index contributed by atoms with van der Waals surface area (Å²) in [5.74, 6) is -2.76. The number of rotatable bonds is 2. The molecule has 1 rings (SSSR count). The van der Waals surface area contributed by atoms with Gasteiger partial charge in [0.05, 0.1) is 6.04 Å². The highest BCUT2D eigenvalue weighted by Gasteiger charge is 2.32. The third-order valence-electron chi connectivity index (χ3n) is 2.12. The lowest BCUT2D eigenvalue weighted by Gasteiger charge is -2.21. The lowest BCUT2D eigenvalue weighted by atomic mass is 10.2. The van der Waals surface area contributed by atoms with Gasteiger partial charge >= 0.3 is 0 Å². The normalized spacial score (nSPS) is 14.5. The maximum absolute atomic E-state index is 13.0. The maximum Gasteiger partial charge on any atom is 0.265 e. The number of alkyl halides is 2. The van der Waals surface area contributed by atoms with Crippen LogP contribution in [0, 0.1) is 11.7 Å².